The Bertz CT molecular complexity index is 2450. The topological polar surface area (TPSA) is 6.48 Å². The fourth-order valence-electron chi connectivity index (χ4n) is 6.97. The number of anilines is 6. The van der Waals surface area contributed by atoms with E-state index < -0.39 is 0 Å². The molecule has 0 N–H and O–H groups in total. The fraction of sp³-hybridized carbons (Fsp3) is 0.125. The highest BCUT2D eigenvalue weighted by atomic mass is 32.1. The van der Waals surface area contributed by atoms with E-state index in [-0.39, 0.29) is 5.41 Å². The quantitative estimate of drug-likeness (QED) is 0.166. The van der Waals surface area contributed by atoms with Crippen LogP contribution in [0.1, 0.15) is 37.5 Å². The molecule has 1 aromatic heterocycles. The van der Waals surface area contributed by atoms with E-state index >= 15 is 0 Å². The van der Waals surface area contributed by atoms with Gasteiger partial charge in [-0.2, -0.15) is 0 Å². The summed E-state index contributed by atoms with van der Waals surface area (Å²) >= 11 is 1.86. The number of nitrogens with zero attached hydrogens (tertiary/aromatic N) is 2. The first-order chi connectivity index (χ1) is 24.7. The van der Waals surface area contributed by atoms with Crippen molar-refractivity contribution in [2.75, 3.05) is 9.80 Å². The van der Waals surface area contributed by atoms with Crippen LogP contribution in [0, 0.1) is 13.8 Å². The average molecular weight is 679 g/mol. The van der Waals surface area contributed by atoms with Crippen LogP contribution in [0.15, 0.2) is 164 Å². The van der Waals surface area contributed by atoms with Gasteiger partial charge in [0.05, 0.1) is 11.4 Å². The van der Waals surface area contributed by atoms with Crippen molar-refractivity contribution in [2.24, 2.45) is 0 Å². The van der Waals surface area contributed by atoms with Crippen molar-refractivity contribution in [3.05, 3.63) is 180 Å². The van der Waals surface area contributed by atoms with E-state index in [1.165, 1.54) is 42.4 Å². The molecule has 0 fully saturated rings. The normalized spacial score (nSPS) is 11.6. The standard InChI is InChI=1S/C48H42N2S/c1-33-20-24-38(25-21-33)49(37-16-10-7-11-17-37)43-30-36(48(3,4)5)31-44(47(43)35-14-8-6-9-15-35)50(39-26-22-34(2)23-27-39)40-28-29-42-41-18-12-13-19-45(41)51-46(42)32-40/h6-32H,1-5H3. The third-order valence-electron chi connectivity index (χ3n) is 9.73. The third-order valence-corrected chi connectivity index (χ3v) is 10.9. The molecular weight excluding hydrogens is 637 g/mol. The second-order valence-corrected chi connectivity index (χ2v) is 15.5. The van der Waals surface area contributed by atoms with Gasteiger partial charge in [-0.25, -0.2) is 0 Å². The molecule has 0 aliphatic heterocycles. The smallest absolute Gasteiger partial charge is 0.0564 e. The van der Waals surface area contributed by atoms with Crippen LogP contribution in [-0.4, -0.2) is 0 Å². The van der Waals surface area contributed by atoms with Crippen LogP contribution in [0.25, 0.3) is 31.3 Å². The summed E-state index contributed by atoms with van der Waals surface area (Å²) in [4.78, 5) is 4.91. The highest BCUT2D eigenvalue weighted by Gasteiger charge is 2.28. The molecule has 2 nitrogen and oxygen atoms in total. The Hall–Kier alpha value is -5.64. The number of benzene rings is 7. The van der Waals surface area contributed by atoms with E-state index in [1.807, 2.05) is 11.3 Å². The van der Waals surface area contributed by atoms with Gasteiger partial charge in [-0.15, -0.1) is 11.3 Å². The van der Waals surface area contributed by atoms with Crippen LogP contribution in [0.4, 0.5) is 34.1 Å². The van der Waals surface area contributed by atoms with Gasteiger partial charge in [0.2, 0.25) is 0 Å². The van der Waals surface area contributed by atoms with Crippen molar-refractivity contribution in [3.8, 4) is 11.1 Å². The predicted molar refractivity (Wildman–Crippen MR) is 222 cm³/mol. The first-order valence-electron chi connectivity index (χ1n) is 17.7. The summed E-state index contributed by atoms with van der Waals surface area (Å²) in [5, 5.41) is 2.61. The van der Waals surface area contributed by atoms with E-state index in [2.05, 4.69) is 208 Å². The Morgan fingerprint density at radius 2 is 0.902 bits per heavy atom. The number of para-hydroxylation sites is 1. The zero-order chi connectivity index (χ0) is 35.1. The molecule has 0 unspecified atom stereocenters. The average Bonchev–Trinajstić information content (AvgIpc) is 3.52. The van der Waals surface area contributed by atoms with Crippen molar-refractivity contribution < 1.29 is 0 Å². The Balaban J connectivity index is 1.49. The molecule has 0 aliphatic carbocycles. The van der Waals surface area contributed by atoms with Crippen molar-refractivity contribution >= 4 is 65.6 Å². The second-order valence-electron chi connectivity index (χ2n) is 14.5. The van der Waals surface area contributed by atoms with Gasteiger partial charge in [-0.05, 0) is 97.1 Å². The molecule has 1 heterocycles. The molecule has 0 saturated heterocycles. The molecule has 0 saturated carbocycles. The van der Waals surface area contributed by atoms with Crippen LogP contribution >= 0.6 is 11.3 Å². The molecule has 250 valence electrons. The number of hydrogen-bond acceptors (Lipinski definition) is 3. The van der Waals surface area contributed by atoms with E-state index in [9.17, 15) is 0 Å². The van der Waals surface area contributed by atoms with E-state index in [4.69, 9.17) is 0 Å². The van der Waals surface area contributed by atoms with Crippen LogP contribution < -0.4 is 9.80 Å². The van der Waals surface area contributed by atoms with Gasteiger partial charge in [0.25, 0.3) is 0 Å². The summed E-state index contributed by atoms with van der Waals surface area (Å²) in [6.45, 7) is 11.3. The molecule has 0 aliphatic rings. The van der Waals surface area contributed by atoms with Crippen LogP contribution in [0.2, 0.25) is 0 Å². The molecule has 0 radical (unpaired) electrons. The molecular formula is C48H42N2S. The van der Waals surface area contributed by atoms with E-state index in [0.717, 1.165) is 39.7 Å². The maximum Gasteiger partial charge on any atom is 0.0564 e. The van der Waals surface area contributed by atoms with Gasteiger partial charge in [0.1, 0.15) is 0 Å². The third kappa shape index (κ3) is 6.30. The Kier molecular flexibility index (Phi) is 8.45. The molecule has 0 spiro atoms. The molecule has 0 amide bonds. The predicted octanol–water partition coefficient (Wildman–Crippen LogP) is 14.6. The van der Waals surface area contributed by atoms with Crippen molar-refractivity contribution in [1.29, 1.82) is 0 Å². The Morgan fingerprint density at radius 3 is 1.49 bits per heavy atom. The summed E-state index contributed by atoms with van der Waals surface area (Å²) in [7, 11) is 0. The first-order valence-corrected chi connectivity index (χ1v) is 18.5. The van der Waals surface area contributed by atoms with Gasteiger partial charge in [-0.3, -0.25) is 0 Å². The monoisotopic (exact) mass is 678 g/mol. The molecule has 3 heteroatoms. The maximum atomic E-state index is 2.47. The number of aryl methyl sites for hydroxylation is 2. The van der Waals surface area contributed by atoms with E-state index in [0.29, 0.717) is 0 Å². The summed E-state index contributed by atoms with van der Waals surface area (Å²) < 4.78 is 2.59. The minimum Gasteiger partial charge on any atom is -0.310 e. The van der Waals surface area contributed by atoms with E-state index in [1.54, 1.807) is 0 Å². The largest absolute Gasteiger partial charge is 0.310 e. The van der Waals surface area contributed by atoms with Crippen LogP contribution in [0.5, 0.6) is 0 Å². The lowest BCUT2D eigenvalue weighted by atomic mass is 9.84. The van der Waals surface area contributed by atoms with Crippen molar-refractivity contribution in [1.82, 2.24) is 0 Å². The summed E-state index contributed by atoms with van der Waals surface area (Å²) in [5.41, 5.74) is 12.7. The molecule has 8 aromatic rings. The summed E-state index contributed by atoms with van der Waals surface area (Å²) in [5.74, 6) is 0. The fourth-order valence-corrected chi connectivity index (χ4v) is 8.11. The Labute approximate surface area is 305 Å². The summed E-state index contributed by atoms with van der Waals surface area (Å²) in [6, 6.07) is 60.1. The lowest BCUT2D eigenvalue weighted by Gasteiger charge is -2.35. The molecule has 7 aromatic carbocycles. The number of hydrogen-bond donors (Lipinski definition) is 0. The zero-order valence-electron chi connectivity index (χ0n) is 29.9. The molecule has 0 bridgehead atoms. The van der Waals surface area contributed by atoms with Crippen molar-refractivity contribution in [3.63, 3.8) is 0 Å². The molecule has 8 rings (SSSR count). The minimum atomic E-state index is -0.122. The lowest BCUT2D eigenvalue weighted by molar-refractivity contribution is 0.590. The SMILES string of the molecule is Cc1ccc(N(c2ccccc2)c2cc(C(C)(C)C)cc(N(c3ccc(C)cc3)c3ccc4c(c3)sc3ccccc34)c2-c2ccccc2)cc1. The molecule has 0 atom stereocenters. The number of thiophene rings is 1. The maximum absolute atomic E-state index is 2.47. The lowest BCUT2D eigenvalue weighted by Crippen LogP contribution is -2.19. The van der Waals surface area contributed by atoms with Crippen LogP contribution in [-0.2, 0) is 5.41 Å². The number of rotatable bonds is 7. The highest BCUT2D eigenvalue weighted by Crippen LogP contribution is 2.51. The van der Waals surface area contributed by atoms with Gasteiger partial charge >= 0.3 is 0 Å². The van der Waals surface area contributed by atoms with Crippen LogP contribution in [0.3, 0.4) is 0 Å². The Morgan fingerprint density at radius 1 is 0.431 bits per heavy atom. The second kappa shape index (κ2) is 13.2. The number of fused-ring (bicyclic) bond motifs is 3. The van der Waals surface area contributed by atoms with Crippen molar-refractivity contribution in [2.45, 2.75) is 40.0 Å². The minimum absolute atomic E-state index is 0.122. The van der Waals surface area contributed by atoms with Gasteiger partial charge < -0.3 is 9.80 Å². The zero-order valence-corrected chi connectivity index (χ0v) is 30.7. The van der Waals surface area contributed by atoms with Gasteiger partial charge in [0, 0.05) is 48.5 Å². The first kappa shape index (κ1) is 32.6. The summed E-state index contributed by atoms with van der Waals surface area (Å²) in [6.07, 6.45) is 0. The van der Waals surface area contributed by atoms with Gasteiger partial charge in [0.15, 0.2) is 0 Å². The molecule has 51 heavy (non-hydrogen) atoms. The van der Waals surface area contributed by atoms with Gasteiger partial charge in [-0.1, -0.05) is 129 Å². The highest BCUT2D eigenvalue weighted by molar-refractivity contribution is 7.25.